The number of carbonyl (C=O) groups is 2. The third-order valence-corrected chi connectivity index (χ3v) is 4.43. The van der Waals surface area contributed by atoms with Crippen molar-refractivity contribution in [1.82, 2.24) is 10.6 Å². The molecular weight excluding hydrogens is 351 g/mol. The zero-order valence-electron chi connectivity index (χ0n) is 15.2. The van der Waals surface area contributed by atoms with Crippen LogP contribution in [-0.4, -0.2) is 41.9 Å². The molecule has 0 spiro atoms. The Kier molecular flexibility index (Phi) is 7.69. The van der Waals surface area contributed by atoms with Gasteiger partial charge in [0, 0.05) is 6.54 Å². The van der Waals surface area contributed by atoms with Crippen LogP contribution in [0, 0.1) is 0 Å². The van der Waals surface area contributed by atoms with E-state index in [9.17, 15) is 24.2 Å². The average Bonchev–Trinajstić information content (AvgIpc) is 2.65. The molecule has 0 heterocycles. The standard InChI is InChI=1S/C20H25FN2O4/c1-2-3-11-22-17(19(24)25)15-8-4-7-14-13(15)6-5-9-16(14)18(20(26)27)23-12-10-21/h4-9,17-18,22-23H,2-3,10-12H2,1H3,(H,24,25)(H,26,27). The van der Waals surface area contributed by atoms with Crippen LogP contribution in [0.25, 0.3) is 10.8 Å². The molecule has 4 N–H and O–H groups in total. The summed E-state index contributed by atoms with van der Waals surface area (Å²) in [5.41, 5.74) is 1.06. The minimum atomic E-state index is -1.11. The lowest BCUT2D eigenvalue weighted by Crippen LogP contribution is -2.31. The van der Waals surface area contributed by atoms with Gasteiger partial charge < -0.3 is 15.5 Å². The van der Waals surface area contributed by atoms with Gasteiger partial charge in [-0.1, -0.05) is 49.7 Å². The first-order valence-corrected chi connectivity index (χ1v) is 9.01. The Hall–Kier alpha value is -2.51. The Balaban J connectivity index is 2.51. The van der Waals surface area contributed by atoms with Crippen molar-refractivity contribution in [3.8, 4) is 0 Å². The maximum absolute atomic E-state index is 12.5. The highest BCUT2D eigenvalue weighted by atomic mass is 19.1. The van der Waals surface area contributed by atoms with E-state index in [1.807, 2.05) is 6.92 Å². The number of hydrogen-bond acceptors (Lipinski definition) is 4. The van der Waals surface area contributed by atoms with Crippen LogP contribution < -0.4 is 10.6 Å². The number of hydrogen-bond donors (Lipinski definition) is 4. The van der Waals surface area contributed by atoms with Gasteiger partial charge >= 0.3 is 11.9 Å². The van der Waals surface area contributed by atoms with Gasteiger partial charge in [-0.2, -0.15) is 0 Å². The number of halogens is 1. The first kappa shape index (κ1) is 20.8. The van der Waals surface area contributed by atoms with Crippen LogP contribution in [0.5, 0.6) is 0 Å². The van der Waals surface area contributed by atoms with E-state index >= 15 is 0 Å². The summed E-state index contributed by atoms with van der Waals surface area (Å²) < 4.78 is 12.5. The van der Waals surface area contributed by atoms with Crippen molar-refractivity contribution in [2.24, 2.45) is 0 Å². The summed E-state index contributed by atoms with van der Waals surface area (Å²) in [7, 11) is 0. The van der Waals surface area contributed by atoms with E-state index < -0.39 is 30.7 Å². The van der Waals surface area contributed by atoms with Crippen molar-refractivity contribution in [2.45, 2.75) is 31.8 Å². The monoisotopic (exact) mass is 376 g/mol. The third-order valence-electron chi connectivity index (χ3n) is 4.43. The first-order valence-electron chi connectivity index (χ1n) is 9.01. The maximum Gasteiger partial charge on any atom is 0.325 e. The number of alkyl halides is 1. The van der Waals surface area contributed by atoms with Crippen molar-refractivity contribution in [1.29, 1.82) is 0 Å². The second-order valence-electron chi connectivity index (χ2n) is 6.28. The third kappa shape index (κ3) is 5.02. The van der Waals surface area contributed by atoms with Gasteiger partial charge in [0.25, 0.3) is 0 Å². The largest absolute Gasteiger partial charge is 0.480 e. The molecular formula is C20H25FN2O4. The van der Waals surface area contributed by atoms with E-state index in [1.54, 1.807) is 36.4 Å². The first-order chi connectivity index (χ1) is 13.0. The average molecular weight is 376 g/mol. The molecule has 6 nitrogen and oxygen atoms in total. The molecule has 7 heteroatoms. The number of aliphatic carboxylic acids is 2. The van der Waals surface area contributed by atoms with Crippen LogP contribution in [0.2, 0.25) is 0 Å². The van der Waals surface area contributed by atoms with E-state index in [2.05, 4.69) is 10.6 Å². The second-order valence-corrected chi connectivity index (χ2v) is 6.28. The fourth-order valence-electron chi connectivity index (χ4n) is 3.14. The number of carboxylic acids is 2. The molecule has 146 valence electrons. The molecule has 2 aromatic carbocycles. The van der Waals surface area contributed by atoms with Crippen LogP contribution in [0.3, 0.4) is 0 Å². The van der Waals surface area contributed by atoms with E-state index in [4.69, 9.17) is 0 Å². The molecule has 0 saturated heterocycles. The summed E-state index contributed by atoms with van der Waals surface area (Å²) in [6, 6.07) is 8.37. The predicted molar refractivity (Wildman–Crippen MR) is 102 cm³/mol. The number of unbranched alkanes of at least 4 members (excludes halogenated alkanes) is 1. The predicted octanol–water partition coefficient (Wildman–Crippen LogP) is 3.04. The molecule has 0 aliphatic rings. The smallest absolute Gasteiger partial charge is 0.325 e. The number of nitrogens with one attached hydrogen (secondary N) is 2. The van der Waals surface area contributed by atoms with Gasteiger partial charge in [-0.15, -0.1) is 0 Å². The van der Waals surface area contributed by atoms with Crippen LogP contribution in [0.4, 0.5) is 4.39 Å². The summed E-state index contributed by atoms with van der Waals surface area (Å²) >= 11 is 0. The van der Waals surface area contributed by atoms with E-state index in [1.165, 1.54) is 0 Å². The van der Waals surface area contributed by atoms with Gasteiger partial charge in [0.15, 0.2) is 0 Å². The van der Waals surface area contributed by atoms with E-state index in [0.717, 1.165) is 12.8 Å². The van der Waals surface area contributed by atoms with Crippen LogP contribution in [-0.2, 0) is 9.59 Å². The summed E-state index contributed by atoms with van der Waals surface area (Å²) in [5.74, 6) is -2.11. The molecule has 0 aromatic heterocycles. The number of carboxylic acid groups (broad SMARTS) is 2. The number of fused-ring (bicyclic) bond motifs is 1. The Labute approximate surface area is 157 Å². The van der Waals surface area contributed by atoms with Crippen molar-refractivity contribution in [2.75, 3.05) is 19.8 Å². The fourth-order valence-corrected chi connectivity index (χ4v) is 3.14. The van der Waals surface area contributed by atoms with Crippen molar-refractivity contribution in [3.05, 3.63) is 47.5 Å². The van der Waals surface area contributed by atoms with Crippen LogP contribution >= 0.6 is 0 Å². The molecule has 0 bridgehead atoms. The molecule has 2 atom stereocenters. The van der Waals surface area contributed by atoms with Gasteiger partial charge in [-0.05, 0) is 34.9 Å². The molecule has 2 aromatic rings. The van der Waals surface area contributed by atoms with E-state index in [-0.39, 0.29) is 6.54 Å². The molecule has 27 heavy (non-hydrogen) atoms. The molecule has 2 rings (SSSR count). The number of rotatable bonds is 11. The summed E-state index contributed by atoms with van der Waals surface area (Å²) in [6.45, 7) is 1.84. The van der Waals surface area contributed by atoms with Gasteiger partial charge in [-0.3, -0.25) is 14.9 Å². The quantitative estimate of drug-likeness (QED) is 0.450. The molecule has 0 fully saturated rings. The molecule has 0 aliphatic heterocycles. The fraction of sp³-hybridized carbons (Fsp3) is 0.400. The Morgan fingerprint density at radius 3 is 1.81 bits per heavy atom. The van der Waals surface area contributed by atoms with Crippen LogP contribution in [0.15, 0.2) is 36.4 Å². The Bertz CT molecular complexity index is 797. The topological polar surface area (TPSA) is 98.7 Å². The highest BCUT2D eigenvalue weighted by molar-refractivity contribution is 5.95. The van der Waals surface area contributed by atoms with Crippen LogP contribution in [0.1, 0.15) is 43.0 Å². The van der Waals surface area contributed by atoms with Gasteiger partial charge in [-0.25, -0.2) is 4.39 Å². The SMILES string of the molecule is CCCCNC(C(=O)O)c1cccc2c(C(NCCF)C(=O)O)cccc12. The highest BCUT2D eigenvalue weighted by Crippen LogP contribution is 2.30. The summed E-state index contributed by atoms with van der Waals surface area (Å²) in [4.78, 5) is 23.5. The molecule has 2 unspecified atom stereocenters. The zero-order chi connectivity index (χ0) is 19.8. The van der Waals surface area contributed by atoms with E-state index in [0.29, 0.717) is 28.4 Å². The molecule has 0 radical (unpaired) electrons. The Morgan fingerprint density at radius 2 is 1.41 bits per heavy atom. The number of benzene rings is 2. The molecule has 0 saturated carbocycles. The normalized spacial score (nSPS) is 13.4. The van der Waals surface area contributed by atoms with Gasteiger partial charge in [0.2, 0.25) is 0 Å². The maximum atomic E-state index is 12.5. The lowest BCUT2D eigenvalue weighted by atomic mass is 9.93. The minimum absolute atomic E-state index is 0.0800. The molecule has 0 amide bonds. The van der Waals surface area contributed by atoms with Gasteiger partial charge in [0.1, 0.15) is 18.8 Å². The van der Waals surface area contributed by atoms with Crippen molar-refractivity contribution >= 4 is 22.7 Å². The molecule has 0 aliphatic carbocycles. The summed E-state index contributed by atoms with van der Waals surface area (Å²) in [5, 5.41) is 26.2. The zero-order valence-corrected chi connectivity index (χ0v) is 15.2. The van der Waals surface area contributed by atoms with Gasteiger partial charge in [0.05, 0.1) is 0 Å². The second kappa shape index (κ2) is 9.99. The lowest BCUT2D eigenvalue weighted by Gasteiger charge is -2.20. The minimum Gasteiger partial charge on any atom is -0.480 e. The highest BCUT2D eigenvalue weighted by Gasteiger charge is 2.25. The lowest BCUT2D eigenvalue weighted by molar-refractivity contribution is -0.140. The Morgan fingerprint density at radius 1 is 0.926 bits per heavy atom. The van der Waals surface area contributed by atoms with Crippen molar-refractivity contribution in [3.63, 3.8) is 0 Å². The summed E-state index contributed by atoms with van der Waals surface area (Å²) in [6.07, 6.45) is 1.80. The van der Waals surface area contributed by atoms with Crippen molar-refractivity contribution < 1.29 is 24.2 Å².